The topological polar surface area (TPSA) is 105 Å². The maximum atomic E-state index is 13.4. The Morgan fingerprint density at radius 3 is 2.54 bits per heavy atom. The molecule has 2 aliphatic heterocycles. The first-order valence-electron chi connectivity index (χ1n) is 13.8. The number of amides is 1. The van der Waals surface area contributed by atoms with Gasteiger partial charge in [0.1, 0.15) is 11.4 Å². The van der Waals surface area contributed by atoms with Crippen LogP contribution in [0.2, 0.25) is 0 Å². The lowest BCUT2D eigenvalue weighted by molar-refractivity contribution is -0.268. The van der Waals surface area contributed by atoms with Crippen molar-refractivity contribution in [3.63, 3.8) is 0 Å². The van der Waals surface area contributed by atoms with Gasteiger partial charge in [0, 0.05) is 36.3 Å². The predicted octanol–water partition coefficient (Wildman–Crippen LogP) is 3.75. The van der Waals surface area contributed by atoms with Crippen LogP contribution in [0.15, 0.2) is 46.6 Å². The summed E-state index contributed by atoms with van der Waals surface area (Å²) in [6.45, 7) is 9.59. The summed E-state index contributed by atoms with van der Waals surface area (Å²) in [5, 5.41) is 14.2. The number of aliphatic hydroxyl groups is 1. The SMILES string of the molecule is CC1CCC2C(C)(C)CC(NS(=O)(=O)c3ccccc3)CC23OC2=C4CNC(=O)C4CC(O)C2CC13C. The van der Waals surface area contributed by atoms with Crippen molar-refractivity contribution in [2.75, 3.05) is 6.54 Å². The zero-order valence-electron chi connectivity index (χ0n) is 22.3. The van der Waals surface area contributed by atoms with Gasteiger partial charge in [-0.15, -0.1) is 0 Å². The summed E-state index contributed by atoms with van der Waals surface area (Å²) in [6, 6.07) is 8.28. The number of ether oxygens (including phenoxy) is 1. The number of aliphatic hydroxyl groups excluding tert-OH is 1. The third kappa shape index (κ3) is 3.65. The Kier molecular flexibility index (Phi) is 5.69. The Balaban J connectivity index is 1.44. The molecule has 8 unspecified atom stereocenters. The summed E-state index contributed by atoms with van der Waals surface area (Å²) in [5.74, 6) is 0.936. The smallest absolute Gasteiger partial charge is 0.240 e. The number of rotatable bonds is 3. The molecule has 2 saturated heterocycles. The maximum absolute atomic E-state index is 13.4. The highest BCUT2D eigenvalue weighted by atomic mass is 32.2. The Labute approximate surface area is 220 Å². The van der Waals surface area contributed by atoms with E-state index in [1.807, 2.05) is 6.07 Å². The highest BCUT2D eigenvalue weighted by Crippen LogP contribution is 2.68. The summed E-state index contributed by atoms with van der Waals surface area (Å²) in [5.41, 5.74) is 0.0294. The molecule has 0 radical (unpaired) electrons. The van der Waals surface area contributed by atoms with Crippen molar-refractivity contribution in [3.8, 4) is 0 Å². The van der Waals surface area contributed by atoms with E-state index >= 15 is 0 Å². The maximum Gasteiger partial charge on any atom is 0.240 e. The molecule has 2 saturated carbocycles. The fourth-order valence-corrected chi connectivity index (χ4v) is 10.2. The second kappa shape index (κ2) is 8.30. The molecule has 1 amide bonds. The normalized spacial score (nSPS) is 42.6. The molecular formula is C29H40N2O5S. The van der Waals surface area contributed by atoms with Gasteiger partial charge in [0.05, 0.1) is 16.9 Å². The molecular weight excluding hydrogens is 488 g/mol. The van der Waals surface area contributed by atoms with E-state index in [-0.39, 0.29) is 45.4 Å². The predicted molar refractivity (Wildman–Crippen MR) is 140 cm³/mol. The molecule has 4 fully saturated rings. The molecule has 1 spiro atoms. The van der Waals surface area contributed by atoms with E-state index in [1.165, 1.54) is 0 Å². The molecule has 0 aromatic heterocycles. The molecule has 7 nitrogen and oxygen atoms in total. The van der Waals surface area contributed by atoms with Crippen molar-refractivity contribution in [2.45, 2.75) is 88.9 Å². The fourth-order valence-electron chi connectivity index (χ4n) is 8.91. The van der Waals surface area contributed by atoms with Crippen molar-refractivity contribution in [3.05, 3.63) is 41.7 Å². The third-order valence-corrected chi connectivity index (χ3v) is 12.4. The zero-order chi connectivity index (χ0) is 26.4. The van der Waals surface area contributed by atoms with E-state index in [2.05, 4.69) is 37.7 Å². The molecule has 8 atom stereocenters. The molecule has 202 valence electrons. The standard InChI is InChI=1S/C29H40N2O5S/c1-17-10-11-24-27(2,3)13-18(31-37(34,35)19-8-6-5-7-9-19)14-29(24)28(17,4)15-21-23(32)12-20-22(25(21)36-29)16-30-26(20)33/h5-9,17-18,20-21,23-24,31-32H,10-16H2,1-4H3,(H,30,33). The first kappa shape index (κ1) is 25.4. The highest BCUT2D eigenvalue weighted by Gasteiger charge is 2.69. The van der Waals surface area contributed by atoms with Gasteiger partial charge < -0.3 is 15.2 Å². The minimum absolute atomic E-state index is 0.0273. The summed E-state index contributed by atoms with van der Waals surface area (Å²) in [7, 11) is -3.69. The van der Waals surface area contributed by atoms with Crippen LogP contribution in [0.25, 0.3) is 0 Å². The van der Waals surface area contributed by atoms with E-state index < -0.39 is 21.7 Å². The molecule has 0 bridgehead atoms. The van der Waals surface area contributed by atoms with E-state index in [1.54, 1.807) is 24.3 Å². The van der Waals surface area contributed by atoms with Crippen molar-refractivity contribution in [2.24, 2.45) is 34.5 Å². The van der Waals surface area contributed by atoms with Crippen LogP contribution in [-0.4, -0.2) is 43.7 Å². The monoisotopic (exact) mass is 528 g/mol. The summed E-state index contributed by atoms with van der Waals surface area (Å²) in [6.07, 6.45) is 4.06. The first-order valence-corrected chi connectivity index (χ1v) is 15.3. The van der Waals surface area contributed by atoms with Gasteiger partial charge in [-0.05, 0) is 61.1 Å². The lowest BCUT2D eigenvalue weighted by Gasteiger charge is -2.69. The van der Waals surface area contributed by atoms with Gasteiger partial charge in [0.2, 0.25) is 15.9 Å². The number of benzene rings is 1. The second-order valence-corrected chi connectivity index (χ2v) is 15.0. The molecule has 5 aliphatic rings. The van der Waals surface area contributed by atoms with Crippen LogP contribution in [-0.2, 0) is 19.6 Å². The number of nitrogens with one attached hydrogen (secondary N) is 2. The molecule has 2 heterocycles. The van der Waals surface area contributed by atoms with Gasteiger partial charge in [-0.2, -0.15) is 0 Å². The summed E-state index contributed by atoms with van der Waals surface area (Å²) < 4.78 is 37.1. The molecule has 6 rings (SSSR count). The Bertz CT molecular complexity index is 1240. The third-order valence-electron chi connectivity index (χ3n) is 10.9. The van der Waals surface area contributed by atoms with E-state index in [0.29, 0.717) is 25.3 Å². The zero-order valence-corrected chi connectivity index (χ0v) is 23.1. The largest absolute Gasteiger partial charge is 0.490 e. The number of carbonyl (C=O) groups excluding carboxylic acids is 1. The van der Waals surface area contributed by atoms with Gasteiger partial charge in [0.15, 0.2) is 0 Å². The van der Waals surface area contributed by atoms with Crippen molar-refractivity contribution in [1.29, 1.82) is 0 Å². The van der Waals surface area contributed by atoms with Gasteiger partial charge >= 0.3 is 0 Å². The molecule has 8 heteroatoms. The average molecular weight is 529 g/mol. The quantitative estimate of drug-likeness (QED) is 0.554. The van der Waals surface area contributed by atoms with Crippen LogP contribution >= 0.6 is 0 Å². The molecule has 3 aliphatic carbocycles. The van der Waals surface area contributed by atoms with Crippen LogP contribution in [0.1, 0.15) is 66.2 Å². The van der Waals surface area contributed by atoms with Gasteiger partial charge in [-0.3, -0.25) is 4.79 Å². The number of carbonyl (C=O) groups is 1. The van der Waals surface area contributed by atoms with E-state index in [0.717, 1.165) is 37.0 Å². The molecule has 1 aromatic rings. The van der Waals surface area contributed by atoms with E-state index in [9.17, 15) is 18.3 Å². The first-order chi connectivity index (χ1) is 17.4. The summed E-state index contributed by atoms with van der Waals surface area (Å²) in [4.78, 5) is 12.8. The van der Waals surface area contributed by atoms with Crippen molar-refractivity contribution >= 4 is 15.9 Å². The van der Waals surface area contributed by atoms with Crippen LogP contribution in [0, 0.1) is 34.5 Å². The minimum atomic E-state index is -3.69. The van der Waals surface area contributed by atoms with Crippen LogP contribution in [0.3, 0.4) is 0 Å². The van der Waals surface area contributed by atoms with Crippen molar-refractivity contribution < 1.29 is 23.1 Å². The van der Waals surface area contributed by atoms with Gasteiger partial charge in [-0.1, -0.05) is 45.9 Å². The lowest BCUT2D eigenvalue weighted by atomic mass is 9.42. The van der Waals surface area contributed by atoms with Crippen LogP contribution in [0.4, 0.5) is 0 Å². The van der Waals surface area contributed by atoms with Crippen LogP contribution in [0.5, 0.6) is 0 Å². The lowest BCUT2D eigenvalue weighted by Crippen LogP contribution is -2.70. The number of sulfonamides is 1. The number of hydrogen-bond acceptors (Lipinski definition) is 5. The Morgan fingerprint density at radius 1 is 1.08 bits per heavy atom. The molecule has 1 aromatic carbocycles. The molecule has 37 heavy (non-hydrogen) atoms. The Morgan fingerprint density at radius 2 is 1.81 bits per heavy atom. The van der Waals surface area contributed by atoms with Gasteiger partial charge in [0.25, 0.3) is 0 Å². The Hall–Kier alpha value is -1.90. The highest BCUT2D eigenvalue weighted by molar-refractivity contribution is 7.89. The van der Waals surface area contributed by atoms with Gasteiger partial charge in [-0.25, -0.2) is 13.1 Å². The van der Waals surface area contributed by atoms with E-state index in [4.69, 9.17) is 4.74 Å². The summed E-state index contributed by atoms with van der Waals surface area (Å²) >= 11 is 0. The fraction of sp³-hybridized carbons (Fsp3) is 0.690. The van der Waals surface area contributed by atoms with Crippen LogP contribution < -0.4 is 10.0 Å². The average Bonchev–Trinajstić information content (AvgIpc) is 3.19. The minimum Gasteiger partial charge on any atom is -0.490 e. The second-order valence-electron chi connectivity index (χ2n) is 13.2. The number of fused-ring (bicyclic) bond motifs is 2. The molecule has 3 N–H and O–H groups in total. The van der Waals surface area contributed by atoms with Crippen molar-refractivity contribution in [1.82, 2.24) is 10.0 Å². The number of hydrogen-bond donors (Lipinski definition) is 3.